The third-order valence-electron chi connectivity index (χ3n) is 14.0. The molecule has 3 aliphatic rings. The fourth-order valence-electron chi connectivity index (χ4n) is 8.94. The summed E-state index contributed by atoms with van der Waals surface area (Å²) in [6, 6.07) is 24.4. The Balaban J connectivity index is 0.000000937. The highest BCUT2D eigenvalue weighted by Crippen LogP contribution is 2.39. The van der Waals surface area contributed by atoms with Crippen LogP contribution < -0.4 is 20.5 Å². The van der Waals surface area contributed by atoms with Gasteiger partial charge in [0.15, 0.2) is 18.2 Å². The van der Waals surface area contributed by atoms with Gasteiger partial charge in [0.1, 0.15) is 17.2 Å². The number of anilines is 1. The van der Waals surface area contributed by atoms with Gasteiger partial charge in [0, 0.05) is 55.7 Å². The van der Waals surface area contributed by atoms with E-state index in [4.69, 9.17) is 20.3 Å². The first-order chi connectivity index (χ1) is 35.2. The van der Waals surface area contributed by atoms with Crippen molar-refractivity contribution in [2.75, 3.05) is 25.1 Å². The molecule has 80 heavy (non-hydrogen) atoms. The number of amides is 2. The number of aryl methyl sites for hydroxylation is 3. The molecule has 5 aromatic rings. The Morgan fingerprint density at radius 3 is 1.54 bits per heavy atom. The molecule has 446 valence electrons. The average Bonchev–Trinajstić information content (AvgIpc) is 4.06. The smallest absolute Gasteiger partial charge is 0.262 e. The van der Waals surface area contributed by atoms with E-state index < -0.39 is 0 Å². The number of ketones is 2. The summed E-state index contributed by atoms with van der Waals surface area (Å²) in [6.45, 7) is 45.2. The van der Waals surface area contributed by atoms with Crippen molar-refractivity contribution in [3.63, 3.8) is 0 Å². The van der Waals surface area contributed by atoms with Crippen molar-refractivity contribution in [2.24, 2.45) is 24.1 Å². The number of hydrogen-bond acceptors (Lipinski definition) is 8. The molecule has 0 saturated carbocycles. The number of rotatable bonds is 3. The first-order valence-electron chi connectivity index (χ1n) is 27.2. The molecule has 0 unspecified atom stereocenters. The molecule has 1 atom stereocenters. The van der Waals surface area contributed by atoms with E-state index >= 15 is 0 Å². The van der Waals surface area contributed by atoms with Crippen molar-refractivity contribution < 1.29 is 33.8 Å². The summed E-state index contributed by atoms with van der Waals surface area (Å²) in [6.07, 6.45) is 4.47. The Kier molecular flexibility index (Phi) is 27.3. The maximum Gasteiger partial charge on any atom is 0.262 e. The number of carbonyl (C=O) groups excluding carboxylic acids is 4. The molecule has 1 aliphatic carbocycles. The molecule has 4 N–H and O–H groups in total. The molecule has 8 rings (SSSR count). The van der Waals surface area contributed by atoms with E-state index in [9.17, 15) is 19.2 Å². The number of nitrogens with one attached hydrogen (secondary N) is 1. The zero-order chi connectivity index (χ0) is 58.8. The Labute approximate surface area is 485 Å². The summed E-state index contributed by atoms with van der Waals surface area (Å²) < 4.78 is 12.8. The summed E-state index contributed by atoms with van der Waals surface area (Å²) >= 11 is 0. The van der Waals surface area contributed by atoms with Gasteiger partial charge in [0.25, 0.3) is 5.91 Å². The maximum absolute atomic E-state index is 11.7. The lowest BCUT2D eigenvalue weighted by atomic mass is 9.82. The van der Waals surface area contributed by atoms with Crippen molar-refractivity contribution in [1.82, 2.24) is 9.78 Å². The quantitative estimate of drug-likeness (QED) is 0.150. The number of carbonyl (C=O) groups is 4. The van der Waals surface area contributed by atoms with Crippen LogP contribution in [-0.4, -0.2) is 58.1 Å². The van der Waals surface area contributed by atoms with Crippen LogP contribution in [0.5, 0.6) is 11.5 Å². The lowest BCUT2D eigenvalue weighted by molar-refractivity contribution is -0.118. The van der Waals surface area contributed by atoms with Gasteiger partial charge in [-0.2, -0.15) is 5.10 Å². The number of nitrogens with two attached hydrogens (primary N) is 1. The fourth-order valence-corrected chi connectivity index (χ4v) is 8.94. The highest BCUT2D eigenvalue weighted by atomic mass is 16.5. The molecule has 2 aliphatic heterocycles. The SMILES string of the molecule is C.C.C.CC(=O)c1c(C(C)(C)C)cnn1C.CC(C)(C)c1cccc2c1C(=O)CC2.CC(C)(C)c1cccc2c1OCC(=O)N2.CC(C)(C)c1cccc2c1OCC2.C[C@@H](CO)C(C)(C)C.Cc1cccc(C(C)(C)C)c1C(N)=O. The predicted octanol–water partition coefficient (Wildman–Crippen LogP) is 16.2. The van der Waals surface area contributed by atoms with Crippen LogP contribution in [0.25, 0.3) is 0 Å². The number of nitrogens with zero attached hydrogens (tertiary/aromatic N) is 2. The van der Waals surface area contributed by atoms with E-state index in [0.717, 1.165) is 64.5 Å². The molecule has 1 aromatic heterocycles. The van der Waals surface area contributed by atoms with Crippen molar-refractivity contribution in [3.05, 3.63) is 140 Å². The molecule has 3 heterocycles. The predicted molar refractivity (Wildman–Crippen MR) is 338 cm³/mol. The molecular formula is C69H108N4O7. The van der Waals surface area contributed by atoms with Gasteiger partial charge in [-0.1, -0.05) is 221 Å². The van der Waals surface area contributed by atoms with Gasteiger partial charge >= 0.3 is 0 Å². The fraction of sp³-hybridized carbons (Fsp3) is 0.551. The number of Topliss-reactive ketones (excluding diaryl/α,β-unsaturated/α-hetero) is 2. The minimum Gasteiger partial charge on any atom is -0.493 e. The first-order valence-corrected chi connectivity index (χ1v) is 27.2. The average molecular weight is 1110 g/mol. The number of hydrogen-bond donors (Lipinski definition) is 3. The van der Waals surface area contributed by atoms with Crippen molar-refractivity contribution in [1.29, 1.82) is 0 Å². The van der Waals surface area contributed by atoms with Crippen LogP contribution in [-0.2, 0) is 51.8 Å². The van der Waals surface area contributed by atoms with Gasteiger partial charge in [0.2, 0.25) is 5.91 Å². The Hall–Kier alpha value is -6.07. The van der Waals surface area contributed by atoms with Gasteiger partial charge < -0.3 is 25.6 Å². The lowest BCUT2D eigenvalue weighted by Crippen LogP contribution is -2.27. The van der Waals surface area contributed by atoms with Gasteiger partial charge in [-0.05, 0) is 91.2 Å². The molecule has 0 fully saturated rings. The van der Waals surface area contributed by atoms with E-state index in [0.29, 0.717) is 36.0 Å². The van der Waals surface area contributed by atoms with E-state index in [-0.39, 0.29) is 79.0 Å². The van der Waals surface area contributed by atoms with Crippen LogP contribution in [0.1, 0.15) is 243 Å². The minimum absolute atomic E-state index is 0. The Morgan fingerprint density at radius 2 is 1.10 bits per heavy atom. The highest BCUT2D eigenvalue weighted by molar-refractivity contribution is 6.02. The van der Waals surface area contributed by atoms with Crippen LogP contribution >= 0.6 is 0 Å². The summed E-state index contributed by atoms with van der Waals surface area (Å²) in [7, 11) is 1.80. The van der Waals surface area contributed by atoms with Gasteiger partial charge in [-0.25, -0.2) is 0 Å². The summed E-state index contributed by atoms with van der Waals surface area (Å²) in [4.78, 5) is 45.5. The monoisotopic (exact) mass is 1100 g/mol. The number of aromatic nitrogens is 2. The third-order valence-corrected chi connectivity index (χ3v) is 14.0. The number of aliphatic hydroxyl groups is 1. The molecule has 0 bridgehead atoms. The standard InChI is InChI=1S/C13H16O.C12H15NO2.C12H17NO.C12H16O.C10H16N2O.C7H16O.3CH4/c1-13(2,3)10-6-4-5-9-7-8-11(14)12(9)10;1-12(2,3)8-5-4-6-9-11(8)15-7-10(14)13-9;1-8-6-5-7-9(12(2,3)4)10(8)11(13)14;1-12(2,3)10-6-4-5-9-7-8-13-11(9)10;1-7(13)9-8(10(2,3)4)6-11-12(9)5;1-6(5-8)7(2,3)4;;;/h4-6H,7-8H2,1-3H3;4-6H,7H2,1-3H3,(H,13,14);5-7H,1-4H3,(H2,13,14);4-6H,7-8H2,1-3H3;6H,1-5H3;6,8H,5H2,1-4H3;3*1H4/t;;;;;6-;;;/m.....0.../s1. The van der Waals surface area contributed by atoms with Gasteiger partial charge in [-0.3, -0.25) is 23.9 Å². The summed E-state index contributed by atoms with van der Waals surface area (Å²) in [5.74, 6) is 2.32. The third kappa shape index (κ3) is 20.5. The Bertz CT molecular complexity index is 2810. The number of para-hydroxylation sites is 2. The Morgan fingerprint density at radius 1 is 0.637 bits per heavy atom. The molecule has 0 saturated heterocycles. The molecule has 11 nitrogen and oxygen atoms in total. The minimum atomic E-state index is -0.340. The zero-order valence-corrected chi connectivity index (χ0v) is 51.2. The molecule has 2 amide bonds. The van der Waals surface area contributed by atoms with Crippen molar-refractivity contribution in [2.45, 2.75) is 214 Å². The second kappa shape index (κ2) is 29.6. The topological polar surface area (TPSA) is 163 Å². The zero-order valence-electron chi connectivity index (χ0n) is 51.2. The maximum atomic E-state index is 11.7. The molecule has 0 spiro atoms. The number of benzene rings is 4. The first kappa shape index (κ1) is 73.9. The van der Waals surface area contributed by atoms with Crippen molar-refractivity contribution >= 4 is 29.1 Å². The second-order valence-electron chi connectivity index (χ2n) is 26.8. The number of primary amides is 1. The van der Waals surface area contributed by atoms with Crippen LogP contribution in [0, 0.1) is 18.3 Å². The van der Waals surface area contributed by atoms with E-state index in [1.807, 2.05) is 43.3 Å². The second-order valence-corrected chi connectivity index (χ2v) is 26.8. The molecular weight excluding hydrogens is 997 g/mol. The molecule has 11 heteroatoms. The van der Waals surface area contributed by atoms with Gasteiger partial charge in [-0.15, -0.1) is 0 Å². The lowest BCUT2D eigenvalue weighted by Gasteiger charge is -2.27. The molecule has 4 aromatic carbocycles. The van der Waals surface area contributed by atoms with Crippen LogP contribution in [0.15, 0.2) is 79.0 Å². The van der Waals surface area contributed by atoms with Crippen LogP contribution in [0.2, 0.25) is 0 Å². The normalized spacial score (nSPS) is 13.6. The van der Waals surface area contributed by atoms with Crippen LogP contribution in [0.3, 0.4) is 0 Å². The number of aliphatic hydroxyl groups excluding tert-OH is 1. The van der Waals surface area contributed by atoms with E-state index in [1.54, 1.807) is 24.9 Å². The number of ether oxygens (including phenoxy) is 2. The summed E-state index contributed by atoms with van der Waals surface area (Å²) in [5.41, 5.74) is 18.3. The summed E-state index contributed by atoms with van der Waals surface area (Å²) in [5, 5.41) is 15.6. The number of fused-ring (bicyclic) bond motifs is 3. The van der Waals surface area contributed by atoms with E-state index in [1.165, 1.54) is 22.3 Å². The molecule has 0 radical (unpaired) electrons. The van der Waals surface area contributed by atoms with Gasteiger partial charge in [0.05, 0.1) is 18.5 Å². The largest absolute Gasteiger partial charge is 0.493 e. The highest BCUT2D eigenvalue weighted by Gasteiger charge is 2.29. The van der Waals surface area contributed by atoms with Crippen LogP contribution in [0.4, 0.5) is 5.69 Å². The van der Waals surface area contributed by atoms with E-state index in [2.05, 4.69) is 178 Å². The van der Waals surface area contributed by atoms with Crippen molar-refractivity contribution in [3.8, 4) is 11.5 Å².